The van der Waals surface area contributed by atoms with Gasteiger partial charge in [-0.1, -0.05) is 13.0 Å². The third-order valence-corrected chi connectivity index (χ3v) is 2.97. The SMILES string of the molecule is CCOc1cccc(N(C)C(C)CC)c1N. The minimum atomic E-state index is 0.471. The molecule has 0 saturated heterocycles. The third kappa shape index (κ3) is 2.60. The molecule has 0 aromatic heterocycles. The summed E-state index contributed by atoms with van der Waals surface area (Å²) in [6.07, 6.45) is 1.09. The first-order valence-electron chi connectivity index (χ1n) is 5.85. The van der Waals surface area contributed by atoms with E-state index >= 15 is 0 Å². The van der Waals surface area contributed by atoms with Gasteiger partial charge in [-0.2, -0.15) is 0 Å². The third-order valence-electron chi connectivity index (χ3n) is 2.97. The van der Waals surface area contributed by atoms with Crippen LogP contribution < -0.4 is 15.4 Å². The van der Waals surface area contributed by atoms with Crippen LogP contribution in [0.15, 0.2) is 18.2 Å². The lowest BCUT2D eigenvalue weighted by Crippen LogP contribution is -2.28. The topological polar surface area (TPSA) is 38.5 Å². The molecule has 90 valence electrons. The van der Waals surface area contributed by atoms with Crippen LogP contribution in [-0.2, 0) is 0 Å². The summed E-state index contributed by atoms with van der Waals surface area (Å²) in [5.41, 5.74) is 7.87. The number of para-hydroxylation sites is 1. The van der Waals surface area contributed by atoms with Crippen molar-refractivity contribution in [3.8, 4) is 5.75 Å². The lowest BCUT2D eigenvalue weighted by Gasteiger charge is -2.27. The van der Waals surface area contributed by atoms with E-state index in [4.69, 9.17) is 10.5 Å². The highest BCUT2D eigenvalue weighted by atomic mass is 16.5. The van der Waals surface area contributed by atoms with Crippen molar-refractivity contribution in [1.82, 2.24) is 0 Å². The summed E-state index contributed by atoms with van der Waals surface area (Å²) in [4.78, 5) is 2.19. The molecule has 0 aliphatic rings. The minimum absolute atomic E-state index is 0.471. The highest BCUT2D eigenvalue weighted by Crippen LogP contribution is 2.32. The molecule has 1 unspecified atom stereocenters. The quantitative estimate of drug-likeness (QED) is 0.778. The van der Waals surface area contributed by atoms with Gasteiger partial charge in [-0.05, 0) is 32.4 Å². The summed E-state index contributed by atoms with van der Waals surface area (Å²) in [5, 5.41) is 0. The van der Waals surface area contributed by atoms with Gasteiger partial charge in [0.2, 0.25) is 0 Å². The zero-order chi connectivity index (χ0) is 12.1. The fourth-order valence-electron chi connectivity index (χ4n) is 1.63. The van der Waals surface area contributed by atoms with Crippen LogP contribution in [0.25, 0.3) is 0 Å². The predicted octanol–water partition coefficient (Wildman–Crippen LogP) is 2.90. The van der Waals surface area contributed by atoms with Crippen LogP contribution in [0, 0.1) is 0 Å². The van der Waals surface area contributed by atoms with E-state index in [1.54, 1.807) is 0 Å². The molecule has 2 N–H and O–H groups in total. The maximum atomic E-state index is 6.10. The lowest BCUT2D eigenvalue weighted by molar-refractivity contribution is 0.342. The molecule has 1 aromatic rings. The lowest BCUT2D eigenvalue weighted by atomic mass is 10.1. The van der Waals surface area contributed by atoms with Crippen molar-refractivity contribution in [3.05, 3.63) is 18.2 Å². The van der Waals surface area contributed by atoms with Gasteiger partial charge in [-0.25, -0.2) is 0 Å². The average molecular weight is 222 g/mol. The van der Waals surface area contributed by atoms with Gasteiger partial charge >= 0.3 is 0 Å². The van der Waals surface area contributed by atoms with Gasteiger partial charge in [0.15, 0.2) is 0 Å². The number of ether oxygens (including phenoxy) is 1. The van der Waals surface area contributed by atoms with Crippen molar-refractivity contribution in [2.75, 3.05) is 24.3 Å². The van der Waals surface area contributed by atoms with Gasteiger partial charge in [0.25, 0.3) is 0 Å². The number of hydrogen-bond donors (Lipinski definition) is 1. The Morgan fingerprint density at radius 2 is 2.06 bits per heavy atom. The first kappa shape index (κ1) is 12.7. The Bertz CT molecular complexity index is 339. The number of anilines is 2. The van der Waals surface area contributed by atoms with E-state index in [0.29, 0.717) is 12.6 Å². The van der Waals surface area contributed by atoms with Crippen molar-refractivity contribution in [2.45, 2.75) is 33.2 Å². The van der Waals surface area contributed by atoms with Crippen molar-refractivity contribution in [3.63, 3.8) is 0 Å². The van der Waals surface area contributed by atoms with E-state index in [-0.39, 0.29) is 0 Å². The number of nitrogens with zero attached hydrogens (tertiary/aromatic N) is 1. The zero-order valence-corrected chi connectivity index (χ0v) is 10.7. The van der Waals surface area contributed by atoms with Crippen molar-refractivity contribution in [1.29, 1.82) is 0 Å². The molecule has 3 nitrogen and oxygen atoms in total. The Hall–Kier alpha value is -1.38. The average Bonchev–Trinajstić information content (AvgIpc) is 2.30. The Kier molecular flexibility index (Phi) is 4.47. The van der Waals surface area contributed by atoms with Crippen LogP contribution in [0.3, 0.4) is 0 Å². The molecule has 1 rings (SSSR count). The number of rotatable bonds is 5. The molecule has 0 aliphatic carbocycles. The molecule has 1 atom stereocenters. The fraction of sp³-hybridized carbons (Fsp3) is 0.538. The number of nitrogens with two attached hydrogens (primary N) is 1. The number of hydrogen-bond acceptors (Lipinski definition) is 3. The van der Waals surface area contributed by atoms with Gasteiger partial charge in [0.1, 0.15) is 5.75 Å². The monoisotopic (exact) mass is 222 g/mol. The van der Waals surface area contributed by atoms with Crippen molar-refractivity contribution < 1.29 is 4.74 Å². The second-order valence-corrected chi connectivity index (χ2v) is 3.99. The Morgan fingerprint density at radius 3 is 2.62 bits per heavy atom. The summed E-state index contributed by atoms with van der Waals surface area (Å²) in [6.45, 7) is 6.96. The van der Waals surface area contributed by atoms with E-state index < -0.39 is 0 Å². The van der Waals surface area contributed by atoms with E-state index in [2.05, 4.69) is 25.8 Å². The molecule has 0 bridgehead atoms. The van der Waals surface area contributed by atoms with E-state index in [0.717, 1.165) is 23.5 Å². The standard InChI is InChI=1S/C13H22N2O/c1-5-10(3)15(4)11-8-7-9-12(13(11)14)16-6-2/h7-10H,5-6,14H2,1-4H3. The Labute approximate surface area is 98.2 Å². The normalized spacial score (nSPS) is 12.2. The second-order valence-electron chi connectivity index (χ2n) is 3.99. The van der Waals surface area contributed by atoms with E-state index in [1.807, 2.05) is 25.1 Å². The molecule has 0 saturated carbocycles. The molecule has 3 heteroatoms. The van der Waals surface area contributed by atoms with E-state index in [9.17, 15) is 0 Å². The van der Waals surface area contributed by atoms with Crippen LogP contribution in [-0.4, -0.2) is 19.7 Å². The largest absolute Gasteiger partial charge is 0.492 e. The summed E-state index contributed by atoms with van der Waals surface area (Å²) in [5.74, 6) is 0.773. The molecular weight excluding hydrogens is 200 g/mol. The van der Waals surface area contributed by atoms with Crippen molar-refractivity contribution in [2.24, 2.45) is 0 Å². The molecule has 0 amide bonds. The molecule has 16 heavy (non-hydrogen) atoms. The number of nitrogen functional groups attached to an aromatic ring is 1. The minimum Gasteiger partial charge on any atom is -0.492 e. The van der Waals surface area contributed by atoms with Crippen LogP contribution in [0.2, 0.25) is 0 Å². The zero-order valence-electron chi connectivity index (χ0n) is 10.7. The van der Waals surface area contributed by atoms with Gasteiger partial charge in [-0.3, -0.25) is 0 Å². The molecule has 0 spiro atoms. The number of benzene rings is 1. The highest BCUT2D eigenvalue weighted by Gasteiger charge is 2.13. The summed E-state index contributed by atoms with van der Waals surface area (Å²) >= 11 is 0. The van der Waals surface area contributed by atoms with Gasteiger partial charge < -0.3 is 15.4 Å². The molecule has 0 radical (unpaired) electrons. The Balaban J connectivity index is 3.00. The molecule has 0 aliphatic heterocycles. The summed E-state index contributed by atoms with van der Waals surface area (Å²) in [7, 11) is 2.07. The molecule has 0 fully saturated rings. The Morgan fingerprint density at radius 1 is 1.38 bits per heavy atom. The second kappa shape index (κ2) is 5.64. The molecular formula is C13H22N2O. The van der Waals surface area contributed by atoms with Crippen LogP contribution in [0.4, 0.5) is 11.4 Å². The molecule has 1 aromatic carbocycles. The summed E-state index contributed by atoms with van der Waals surface area (Å²) in [6, 6.07) is 6.39. The van der Waals surface area contributed by atoms with Gasteiger partial charge in [0.05, 0.1) is 18.0 Å². The first-order valence-corrected chi connectivity index (χ1v) is 5.85. The van der Waals surface area contributed by atoms with Gasteiger partial charge in [0, 0.05) is 13.1 Å². The van der Waals surface area contributed by atoms with E-state index in [1.165, 1.54) is 0 Å². The maximum Gasteiger partial charge on any atom is 0.144 e. The maximum absolute atomic E-state index is 6.10. The predicted molar refractivity (Wildman–Crippen MR) is 70.2 cm³/mol. The van der Waals surface area contributed by atoms with Gasteiger partial charge in [-0.15, -0.1) is 0 Å². The highest BCUT2D eigenvalue weighted by molar-refractivity contribution is 5.74. The molecule has 0 heterocycles. The van der Waals surface area contributed by atoms with Crippen LogP contribution >= 0.6 is 0 Å². The van der Waals surface area contributed by atoms with Crippen LogP contribution in [0.5, 0.6) is 5.75 Å². The fourth-order valence-corrected chi connectivity index (χ4v) is 1.63. The summed E-state index contributed by atoms with van der Waals surface area (Å²) < 4.78 is 5.49. The smallest absolute Gasteiger partial charge is 0.144 e. The van der Waals surface area contributed by atoms with Crippen LogP contribution in [0.1, 0.15) is 27.2 Å². The first-order chi connectivity index (χ1) is 7.61. The van der Waals surface area contributed by atoms with Crippen molar-refractivity contribution >= 4 is 11.4 Å².